The molecule has 0 aromatic heterocycles. The Balaban J connectivity index is 2.24. The Hall–Kier alpha value is -1.65. The molecule has 140 valence electrons. The lowest BCUT2D eigenvalue weighted by molar-refractivity contribution is -0.276. The number of alkyl halides is 3. The molecule has 0 aliphatic carbocycles. The average Bonchev–Trinajstić information content (AvgIpc) is 3.16. The second-order valence-electron chi connectivity index (χ2n) is 5.75. The summed E-state index contributed by atoms with van der Waals surface area (Å²) < 4.78 is 74.4. The predicted molar refractivity (Wildman–Crippen MR) is 82.1 cm³/mol. The Morgan fingerprint density at radius 2 is 1.80 bits per heavy atom. The maximum absolute atomic E-state index is 13.7. The van der Waals surface area contributed by atoms with Crippen LogP contribution in [0.2, 0.25) is 0 Å². The third-order valence-corrected chi connectivity index (χ3v) is 5.51. The zero-order chi connectivity index (χ0) is 19.0. The first-order chi connectivity index (χ1) is 11.5. The summed E-state index contributed by atoms with van der Waals surface area (Å²) >= 11 is 0. The van der Waals surface area contributed by atoms with Crippen LogP contribution in [0.4, 0.5) is 13.2 Å². The summed E-state index contributed by atoms with van der Waals surface area (Å²) in [6, 6.07) is 5.29. The maximum atomic E-state index is 13.7. The van der Waals surface area contributed by atoms with E-state index >= 15 is 0 Å². The third-order valence-electron chi connectivity index (χ3n) is 4.14. The second-order valence-corrected chi connectivity index (χ2v) is 7.64. The van der Waals surface area contributed by atoms with Gasteiger partial charge in [0.1, 0.15) is 6.61 Å². The van der Waals surface area contributed by atoms with E-state index in [4.69, 9.17) is 4.74 Å². The third kappa shape index (κ3) is 3.51. The smallest absolute Gasteiger partial charge is 0.432 e. The Kier molecular flexibility index (Phi) is 5.18. The summed E-state index contributed by atoms with van der Waals surface area (Å²) in [5, 5.41) is 0. The molecule has 10 heteroatoms. The number of carbonyl (C=O) groups excluding carboxylic acids is 1. The SMILES string of the molecule is CO[C@@](C(=O)OC[C@@H]1[C@H](C)N1S(C)(=O)=O)(c1ccccc1)C(F)(F)F. The van der Waals surface area contributed by atoms with Crippen molar-refractivity contribution in [1.82, 2.24) is 4.31 Å². The Bertz CT molecular complexity index is 737. The molecule has 6 nitrogen and oxygen atoms in total. The zero-order valence-corrected chi connectivity index (χ0v) is 14.6. The van der Waals surface area contributed by atoms with Gasteiger partial charge in [0.2, 0.25) is 10.0 Å². The summed E-state index contributed by atoms with van der Waals surface area (Å²) in [5.74, 6) is -1.64. The molecular formula is C15H18F3NO5S. The molecule has 0 N–H and O–H groups in total. The molecule has 4 atom stereocenters. The summed E-state index contributed by atoms with van der Waals surface area (Å²) in [6.45, 7) is 1.09. The van der Waals surface area contributed by atoms with Crippen LogP contribution in [0.1, 0.15) is 12.5 Å². The highest BCUT2D eigenvalue weighted by molar-refractivity contribution is 7.88. The van der Waals surface area contributed by atoms with Crippen LogP contribution in [-0.2, 0) is 29.9 Å². The number of benzene rings is 1. The lowest BCUT2D eigenvalue weighted by atomic mass is 9.93. The molecule has 2 rings (SSSR count). The van der Waals surface area contributed by atoms with Gasteiger partial charge in [0, 0.05) is 18.7 Å². The minimum Gasteiger partial charge on any atom is -0.461 e. The summed E-state index contributed by atoms with van der Waals surface area (Å²) in [5.41, 5.74) is -3.69. The minimum absolute atomic E-state index is 0.418. The highest BCUT2D eigenvalue weighted by atomic mass is 32.2. The van der Waals surface area contributed by atoms with Gasteiger partial charge in [0.25, 0.3) is 5.60 Å². The van der Waals surface area contributed by atoms with Gasteiger partial charge < -0.3 is 9.47 Å². The van der Waals surface area contributed by atoms with Gasteiger partial charge in [0.05, 0.1) is 12.3 Å². The first-order valence-corrected chi connectivity index (χ1v) is 9.14. The van der Waals surface area contributed by atoms with Gasteiger partial charge in [-0.2, -0.15) is 17.5 Å². The quantitative estimate of drug-likeness (QED) is 0.554. The molecule has 1 aromatic carbocycles. The van der Waals surface area contributed by atoms with Gasteiger partial charge in [-0.25, -0.2) is 13.2 Å². The lowest BCUT2D eigenvalue weighted by Gasteiger charge is -2.32. The van der Waals surface area contributed by atoms with E-state index in [1.54, 1.807) is 6.92 Å². The van der Waals surface area contributed by atoms with Crippen LogP contribution in [0, 0.1) is 0 Å². The van der Waals surface area contributed by atoms with Gasteiger partial charge in [-0.1, -0.05) is 30.3 Å². The van der Waals surface area contributed by atoms with Gasteiger partial charge >= 0.3 is 12.1 Å². The Morgan fingerprint density at radius 1 is 1.24 bits per heavy atom. The van der Waals surface area contributed by atoms with E-state index in [0.29, 0.717) is 0 Å². The van der Waals surface area contributed by atoms with E-state index in [2.05, 4.69) is 4.74 Å². The molecule has 25 heavy (non-hydrogen) atoms. The molecule has 0 saturated carbocycles. The average molecular weight is 381 g/mol. The van der Waals surface area contributed by atoms with Crippen LogP contribution in [-0.4, -0.2) is 56.9 Å². The second kappa shape index (κ2) is 6.58. The topological polar surface area (TPSA) is 72.7 Å². The lowest BCUT2D eigenvalue weighted by Crippen LogP contribution is -2.52. The fraction of sp³-hybridized carbons (Fsp3) is 0.533. The van der Waals surface area contributed by atoms with E-state index < -0.39 is 52.0 Å². The van der Waals surface area contributed by atoms with E-state index in [1.807, 2.05) is 0 Å². The molecule has 1 saturated heterocycles. The number of hydrogen-bond donors (Lipinski definition) is 0. The molecular weight excluding hydrogens is 363 g/mol. The monoisotopic (exact) mass is 381 g/mol. The molecule has 1 unspecified atom stereocenters. The normalized spacial score (nSPS) is 25.9. The van der Waals surface area contributed by atoms with Crippen molar-refractivity contribution < 1.29 is 35.9 Å². The van der Waals surface area contributed by atoms with Crippen molar-refractivity contribution in [1.29, 1.82) is 0 Å². The van der Waals surface area contributed by atoms with Gasteiger partial charge in [0.15, 0.2) is 0 Å². The van der Waals surface area contributed by atoms with Crippen molar-refractivity contribution in [2.24, 2.45) is 0 Å². The molecule has 1 heterocycles. The molecule has 0 amide bonds. The Morgan fingerprint density at radius 3 is 2.20 bits per heavy atom. The first kappa shape index (κ1) is 19.7. The van der Waals surface area contributed by atoms with Crippen molar-refractivity contribution in [3.05, 3.63) is 35.9 Å². The number of ether oxygens (including phenoxy) is 2. The number of esters is 1. The van der Waals surface area contributed by atoms with Crippen molar-refractivity contribution >= 4 is 16.0 Å². The van der Waals surface area contributed by atoms with Crippen LogP contribution in [0.5, 0.6) is 0 Å². The van der Waals surface area contributed by atoms with E-state index in [-0.39, 0.29) is 0 Å². The van der Waals surface area contributed by atoms with E-state index in [0.717, 1.165) is 29.8 Å². The van der Waals surface area contributed by atoms with E-state index in [1.165, 1.54) is 18.2 Å². The Labute approximate surface area is 143 Å². The minimum atomic E-state index is -5.06. The van der Waals surface area contributed by atoms with Gasteiger partial charge in [-0.3, -0.25) is 0 Å². The highest BCUT2D eigenvalue weighted by Crippen LogP contribution is 2.43. The van der Waals surface area contributed by atoms with Crippen molar-refractivity contribution in [3.8, 4) is 0 Å². The number of carbonyl (C=O) groups is 1. The zero-order valence-electron chi connectivity index (χ0n) is 13.8. The number of methoxy groups -OCH3 is 1. The van der Waals surface area contributed by atoms with Crippen LogP contribution < -0.4 is 0 Å². The molecule has 0 radical (unpaired) electrons. The number of rotatable bonds is 6. The van der Waals surface area contributed by atoms with Crippen molar-refractivity contribution in [3.63, 3.8) is 0 Å². The standard InChI is InChI=1S/C15H18F3NO5S/c1-10-12(19(10)25(3,21)22)9-24-13(20)14(23-2,15(16,17)18)11-7-5-4-6-8-11/h4-8,10,12H,9H2,1-3H3/t10-,12+,14+,19?/m0/s1. The van der Waals surface area contributed by atoms with Crippen LogP contribution >= 0.6 is 0 Å². The molecule has 0 bridgehead atoms. The van der Waals surface area contributed by atoms with E-state index in [9.17, 15) is 26.4 Å². The summed E-state index contributed by atoms with van der Waals surface area (Å²) in [7, 11) is -2.74. The molecule has 0 spiro atoms. The van der Waals surface area contributed by atoms with Crippen molar-refractivity contribution in [2.75, 3.05) is 20.0 Å². The number of hydrogen-bond acceptors (Lipinski definition) is 5. The van der Waals surface area contributed by atoms with Crippen molar-refractivity contribution in [2.45, 2.75) is 30.8 Å². The molecule has 1 fully saturated rings. The van der Waals surface area contributed by atoms with Gasteiger partial charge in [-0.05, 0) is 6.92 Å². The molecule has 1 aromatic rings. The summed E-state index contributed by atoms with van der Waals surface area (Å²) in [4.78, 5) is 12.3. The highest BCUT2D eigenvalue weighted by Gasteiger charge is 2.64. The fourth-order valence-electron chi connectivity index (χ4n) is 2.79. The van der Waals surface area contributed by atoms with Crippen LogP contribution in [0.25, 0.3) is 0 Å². The maximum Gasteiger partial charge on any atom is 0.432 e. The van der Waals surface area contributed by atoms with Crippen LogP contribution in [0.3, 0.4) is 0 Å². The number of sulfonamides is 1. The fourth-order valence-corrected chi connectivity index (χ4v) is 4.21. The predicted octanol–water partition coefficient (Wildman–Crippen LogP) is 1.67. The number of nitrogens with zero attached hydrogens (tertiary/aromatic N) is 1. The largest absolute Gasteiger partial charge is 0.461 e. The van der Waals surface area contributed by atoms with Gasteiger partial charge in [-0.15, -0.1) is 0 Å². The first-order valence-electron chi connectivity index (χ1n) is 7.30. The molecule has 1 aliphatic rings. The van der Waals surface area contributed by atoms with Crippen LogP contribution in [0.15, 0.2) is 30.3 Å². The number of halogens is 3. The molecule has 1 aliphatic heterocycles. The summed E-state index contributed by atoms with van der Waals surface area (Å²) in [6.07, 6.45) is -4.09.